The Hall–Kier alpha value is -2.61. The molecule has 1 aliphatic carbocycles. The number of hydrogen-bond acceptors (Lipinski definition) is 6. The van der Waals surface area contributed by atoms with E-state index in [1.807, 2.05) is 0 Å². The van der Waals surface area contributed by atoms with Gasteiger partial charge in [-0.2, -0.15) is 0 Å². The van der Waals surface area contributed by atoms with E-state index in [0.717, 1.165) is 24.2 Å². The number of carbonyl (C=O) groups excluding carboxylic acids is 3. The second-order valence-electron chi connectivity index (χ2n) is 5.82. The number of nitrogens with one attached hydrogen (secondary N) is 2. The van der Waals surface area contributed by atoms with Gasteiger partial charge >= 0.3 is 5.97 Å². The van der Waals surface area contributed by atoms with Gasteiger partial charge in [-0.3, -0.25) is 9.59 Å². The van der Waals surface area contributed by atoms with Crippen LogP contribution in [0, 0.1) is 12.8 Å². The highest BCUT2D eigenvalue weighted by molar-refractivity contribution is 7.18. The molecule has 2 heterocycles. The zero-order valence-electron chi connectivity index (χ0n) is 13.7. The van der Waals surface area contributed by atoms with E-state index in [2.05, 4.69) is 10.6 Å². The lowest BCUT2D eigenvalue weighted by Gasteiger charge is -2.05. The van der Waals surface area contributed by atoms with Crippen LogP contribution >= 0.6 is 11.3 Å². The summed E-state index contributed by atoms with van der Waals surface area (Å²) in [5, 5.41) is 6.01. The molecule has 0 unspecified atom stereocenters. The molecule has 1 aliphatic rings. The molecule has 2 N–H and O–H groups in total. The Balaban J connectivity index is 1.48. The van der Waals surface area contributed by atoms with Crippen LogP contribution in [0.15, 0.2) is 28.9 Å². The van der Waals surface area contributed by atoms with Gasteiger partial charge < -0.3 is 19.8 Å². The first-order chi connectivity index (χ1) is 12.0. The topological polar surface area (TPSA) is 97.6 Å². The van der Waals surface area contributed by atoms with Gasteiger partial charge in [0.15, 0.2) is 6.61 Å². The van der Waals surface area contributed by atoms with Crippen molar-refractivity contribution in [2.45, 2.75) is 26.3 Å². The monoisotopic (exact) mass is 362 g/mol. The Morgan fingerprint density at radius 2 is 2.16 bits per heavy atom. The summed E-state index contributed by atoms with van der Waals surface area (Å²) >= 11 is 1.15. The summed E-state index contributed by atoms with van der Waals surface area (Å²) < 4.78 is 10.1. The smallest absolute Gasteiger partial charge is 0.349 e. The van der Waals surface area contributed by atoms with Gasteiger partial charge in [-0.1, -0.05) is 0 Å². The van der Waals surface area contributed by atoms with Crippen molar-refractivity contribution >= 4 is 34.1 Å². The zero-order chi connectivity index (χ0) is 17.8. The lowest BCUT2D eigenvalue weighted by molar-refractivity contribution is -0.124. The molecule has 0 spiro atoms. The molecule has 0 atom stereocenters. The highest BCUT2D eigenvalue weighted by Crippen LogP contribution is 2.33. The van der Waals surface area contributed by atoms with Crippen molar-refractivity contribution < 1.29 is 23.5 Å². The fraction of sp³-hybridized carbons (Fsp3) is 0.353. The molecular weight excluding hydrogens is 344 g/mol. The minimum atomic E-state index is -0.581. The van der Waals surface area contributed by atoms with Gasteiger partial charge in [-0.25, -0.2) is 4.79 Å². The number of carbonyl (C=O) groups is 3. The lowest BCUT2D eigenvalue weighted by Crippen LogP contribution is -2.28. The minimum absolute atomic E-state index is 0.0153. The molecule has 0 saturated heterocycles. The number of thiophene rings is 1. The third-order valence-electron chi connectivity index (χ3n) is 3.67. The van der Waals surface area contributed by atoms with E-state index >= 15 is 0 Å². The predicted molar refractivity (Wildman–Crippen MR) is 91.2 cm³/mol. The fourth-order valence-electron chi connectivity index (χ4n) is 2.16. The van der Waals surface area contributed by atoms with Gasteiger partial charge in [-0.05, 0) is 43.5 Å². The molecule has 0 radical (unpaired) electrons. The van der Waals surface area contributed by atoms with Crippen LogP contribution in [0.1, 0.15) is 33.8 Å². The fourth-order valence-corrected chi connectivity index (χ4v) is 3.13. The molecule has 1 saturated carbocycles. The third-order valence-corrected chi connectivity index (χ3v) is 4.80. The van der Waals surface area contributed by atoms with E-state index < -0.39 is 11.9 Å². The molecule has 0 aromatic carbocycles. The van der Waals surface area contributed by atoms with E-state index in [0.29, 0.717) is 21.2 Å². The largest absolute Gasteiger partial charge is 0.467 e. The Morgan fingerprint density at radius 1 is 1.36 bits per heavy atom. The number of aryl methyl sites for hydroxylation is 1. The van der Waals surface area contributed by atoms with Crippen LogP contribution < -0.4 is 10.6 Å². The van der Waals surface area contributed by atoms with Crippen LogP contribution in [0.3, 0.4) is 0 Å². The van der Waals surface area contributed by atoms with Crippen molar-refractivity contribution in [3.05, 3.63) is 40.7 Å². The molecule has 2 amide bonds. The van der Waals surface area contributed by atoms with Gasteiger partial charge in [0.1, 0.15) is 10.6 Å². The number of anilines is 1. The summed E-state index contributed by atoms with van der Waals surface area (Å²) in [4.78, 5) is 36.0. The first-order valence-corrected chi connectivity index (χ1v) is 8.72. The Labute approximate surface area is 148 Å². The zero-order valence-corrected chi connectivity index (χ0v) is 14.5. The Morgan fingerprint density at radius 3 is 2.84 bits per heavy atom. The van der Waals surface area contributed by atoms with E-state index in [1.54, 1.807) is 25.1 Å². The molecular formula is C17H18N2O5S. The van der Waals surface area contributed by atoms with Crippen molar-refractivity contribution in [3.63, 3.8) is 0 Å². The quantitative estimate of drug-likeness (QED) is 0.738. The minimum Gasteiger partial charge on any atom is -0.467 e. The standard InChI is InChI=1S/C17H18N2O5S/c1-10-7-14(19-16(21)11-4-5-11)25-15(10)17(22)24-9-13(20)18-8-12-3-2-6-23-12/h2-3,6-7,11H,4-5,8-9H2,1H3,(H,18,20)(H,19,21). The molecule has 132 valence electrons. The summed E-state index contributed by atoms with van der Waals surface area (Å²) in [6, 6.07) is 5.19. The molecule has 0 bridgehead atoms. The van der Waals surface area contributed by atoms with Crippen LogP contribution in [0.4, 0.5) is 5.00 Å². The summed E-state index contributed by atoms with van der Waals surface area (Å²) in [6.07, 6.45) is 3.34. The highest BCUT2D eigenvalue weighted by atomic mass is 32.1. The highest BCUT2D eigenvalue weighted by Gasteiger charge is 2.30. The van der Waals surface area contributed by atoms with Crippen molar-refractivity contribution in [2.24, 2.45) is 5.92 Å². The van der Waals surface area contributed by atoms with Gasteiger partial charge in [0, 0.05) is 5.92 Å². The average Bonchev–Trinajstić information content (AvgIpc) is 3.19. The van der Waals surface area contributed by atoms with Crippen LogP contribution in [0.2, 0.25) is 0 Å². The summed E-state index contributed by atoms with van der Waals surface area (Å²) in [5.41, 5.74) is 0.706. The number of amides is 2. The molecule has 1 fully saturated rings. The Kier molecular flexibility index (Phi) is 5.18. The van der Waals surface area contributed by atoms with E-state index in [-0.39, 0.29) is 25.0 Å². The maximum atomic E-state index is 12.1. The van der Waals surface area contributed by atoms with Gasteiger partial charge in [0.25, 0.3) is 5.91 Å². The van der Waals surface area contributed by atoms with Gasteiger partial charge in [0.05, 0.1) is 17.8 Å². The number of furan rings is 1. The van der Waals surface area contributed by atoms with Gasteiger partial charge in [0.2, 0.25) is 5.91 Å². The number of esters is 1. The number of ether oxygens (including phenoxy) is 1. The second-order valence-corrected chi connectivity index (χ2v) is 6.87. The van der Waals surface area contributed by atoms with Crippen LogP contribution in [-0.2, 0) is 20.9 Å². The SMILES string of the molecule is Cc1cc(NC(=O)C2CC2)sc1C(=O)OCC(=O)NCc1ccco1. The third kappa shape index (κ3) is 4.69. The van der Waals surface area contributed by atoms with E-state index in [1.165, 1.54) is 6.26 Å². The van der Waals surface area contributed by atoms with Gasteiger partial charge in [-0.15, -0.1) is 11.3 Å². The van der Waals surface area contributed by atoms with Crippen molar-refractivity contribution in [1.82, 2.24) is 5.32 Å². The maximum absolute atomic E-state index is 12.1. The molecule has 7 nitrogen and oxygen atoms in total. The molecule has 25 heavy (non-hydrogen) atoms. The predicted octanol–water partition coefficient (Wildman–Crippen LogP) is 2.47. The first-order valence-electron chi connectivity index (χ1n) is 7.90. The molecule has 3 rings (SSSR count). The summed E-state index contributed by atoms with van der Waals surface area (Å²) in [5.74, 6) is -0.303. The maximum Gasteiger partial charge on any atom is 0.349 e. The molecule has 2 aromatic heterocycles. The van der Waals surface area contributed by atoms with Crippen LogP contribution in [0.5, 0.6) is 0 Å². The van der Waals surface area contributed by atoms with Crippen molar-refractivity contribution in [2.75, 3.05) is 11.9 Å². The average molecular weight is 362 g/mol. The first kappa shape index (κ1) is 17.2. The second kappa shape index (κ2) is 7.52. The van der Waals surface area contributed by atoms with E-state index in [4.69, 9.17) is 9.15 Å². The lowest BCUT2D eigenvalue weighted by atomic mass is 10.3. The van der Waals surface area contributed by atoms with Crippen LogP contribution in [-0.4, -0.2) is 24.4 Å². The van der Waals surface area contributed by atoms with Crippen molar-refractivity contribution in [3.8, 4) is 0 Å². The Bertz CT molecular complexity index is 777. The number of rotatable bonds is 7. The summed E-state index contributed by atoms with van der Waals surface area (Å²) in [6.45, 7) is 1.62. The summed E-state index contributed by atoms with van der Waals surface area (Å²) in [7, 11) is 0. The number of hydrogen-bond donors (Lipinski definition) is 2. The molecule has 2 aromatic rings. The van der Waals surface area contributed by atoms with Crippen molar-refractivity contribution in [1.29, 1.82) is 0 Å². The normalized spacial score (nSPS) is 13.3. The van der Waals surface area contributed by atoms with Crippen LogP contribution in [0.25, 0.3) is 0 Å². The molecule has 0 aliphatic heterocycles. The molecule has 8 heteroatoms. The van der Waals surface area contributed by atoms with E-state index in [9.17, 15) is 14.4 Å².